The lowest BCUT2D eigenvalue weighted by Crippen LogP contribution is -2.42. The van der Waals surface area contributed by atoms with Gasteiger partial charge in [0.05, 0.1) is 10.5 Å². The summed E-state index contributed by atoms with van der Waals surface area (Å²) >= 11 is 3.22. The summed E-state index contributed by atoms with van der Waals surface area (Å²) in [6, 6.07) is 2.52. The molecule has 0 bridgehead atoms. The summed E-state index contributed by atoms with van der Waals surface area (Å²) in [7, 11) is -3.73. The second-order valence-corrected chi connectivity index (χ2v) is 7.60. The lowest BCUT2D eigenvalue weighted by atomic mass is 10.1. The van der Waals surface area contributed by atoms with Crippen molar-refractivity contribution in [3.05, 3.63) is 27.7 Å². The minimum absolute atomic E-state index is 0.0185. The Labute approximate surface area is 132 Å². The van der Waals surface area contributed by atoms with Gasteiger partial charge in [0.2, 0.25) is 10.0 Å². The Balaban J connectivity index is 2.33. The maximum atomic E-state index is 12.4. The van der Waals surface area contributed by atoms with Crippen LogP contribution in [-0.2, 0) is 10.0 Å². The molecule has 6 nitrogen and oxygen atoms in total. The van der Waals surface area contributed by atoms with Gasteiger partial charge in [0.25, 0.3) is 0 Å². The predicted molar refractivity (Wildman–Crippen MR) is 82.1 cm³/mol. The highest BCUT2D eigenvalue weighted by Gasteiger charge is 2.24. The first-order valence-electron chi connectivity index (χ1n) is 6.58. The van der Waals surface area contributed by atoms with Crippen LogP contribution >= 0.6 is 15.9 Å². The molecule has 1 heterocycles. The number of aromatic carboxylic acids is 1. The molecule has 1 saturated heterocycles. The van der Waals surface area contributed by atoms with E-state index in [1.165, 1.54) is 12.1 Å². The van der Waals surface area contributed by atoms with E-state index < -0.39 is 16.0 Å². The van der Waals surface area contributed by atoms with Gasteiger partial charge in [0.15, 0.2) is 0 Å². The van der Waals surface area contributed by atoms with Crippen LogP contribution in [-0.4, -0.2) is 38.6 Å². The van der Waals surface area contributed by atoms with E-state index in [0.717, 1.165) is 25.9 Å². The van der Waals surface area contributed by atoms with Gasteiger partial charge in [-0.1, -0.05) is 15.9 Å². The van der Waals surface area contributed by atoms with Gasteiger partial charge in [-0.15, -0.1) is 0 Å². The van der Waals surface area contributed by atoms with Crippen LogP contribution < -0.4 is 10.0 Å². The minimum atomic E-state index is -3.73. The molecule has 0 aromatic heterocycles. The Morgan fingerprint density at radius 2 is 2.00 bits per heavy atom. The van der Waals surface area contributed by atoms with E-state index in [0.29, 0.717) is 10.0 Å². The summed E-state index contributed by atoms with van der Waals surface area (Å²) in [5.41, 5.74) is 0.485. The largest absolute Gasteiger partial charge is 0.478 e. The molecule has 1 fully saturated rings. The first kappa shape index (κ1) is 16.4. The van der Waals surface area contributed by atoms with E-state index in [2.05, 4.69) is 26.0 Å². The van der Waals surface area contributed by atoms with Gasteiger partial charge >= 0.3 is 5.97 Å². The Hall–Kier alpha value is -0.960. The normalized spacial score (nSPS) is 16.9. The summed E-state index contributed by atoms with van der Waals surface area (Å²) in [5.74, 6) is -1.15. The number of carboxylic acid groups (broad SMARTS) is 1. The van der Waals surface area contributed by atoms with Crippen molar-refractivity contribution >= 4 is 31.9 Å². The van der Waals surface area contributed by atoms with Crippen LogP contribution in [0.4, 0.5) is 0 Å². The molecule has 2 rings (SSSR count). The molecule has 0 amide bonds. The van der Waals surface area contributed by atoms with Gasteiger partial charge in [-0.3, -0.25) is 0 Å². The van der Waals surface area contributed by atoms with Crippen LogP contribution in [0.15, 0.2) is 21.5 Å². The summed E-state index contributed by atoms with van der Waals surface area (Å²) in [4.78, 5) is 11.2. The van der Waals surface area contributed by atoms with Gasteiger partial charge in [-0.25, -0.2) is 17.9 Å². The third-order valence-corrected chi connectivity index (χ3v) is 5.84. The van der Waals surface area contributed by atoms with Crippen molar-refractivity contribution in [3.63, 3.8) is 0 Å². The number of rotatable bonds is 4. The number of piperidine rings is 1. The van der Waals surface area contributed by atoms with Gasteiger partial charge in [0, 0.05) is 10.5 Å². The molecule has 0 saturated carbocycles. The molecule has 0 atom stereocenters. The zero-order valence-corrected chi connectivity index (χ0v) is 13.9. The molecule has 1 aromatic carbocycles. The Kier molecular flexibility index (Phi) is 5.03. The van der Waals surface area contributed by atoms with Crippen molar-refractivity contribution in [1.82, 2.24) is 10.0 Å². The van der Waals surface area contributed by atoms with Crippen LogP contribution in [0.5, 0.6) is 0 Å². The SMILES string of the molecule is Cc1c(Br)cc(S(=O)(=O)NC2CCNCC2)cc1C(=O)O. The van der Waals surface area contributed by atoms with Crippen LogP contribution in [0.3, 0.4) is 0 Å². The van der Waals surface area contributed by atoms with Crippen molar-refractivity contribution in [2.24, 2.45) is 0 Å². The number of carboxylic acids is 1. The van der Waals surface area contributed by atoms with Crippen molar-refractivity contribution in [3.8, 4) is 0 Å². The fourth-order valence-corrected chi connectivity index (χ4v) is 4.23. The molecule has 0 spiro atoms. The number of carbonyl (C=O) groups is 1. The number of sulfonamides is 1. The van der Waals surface area contributed by atoms with Crippen LogP contribution in [0.1, 0.15) is 28.8 Å². The van der Waals surface area contributed by atoms with E-state index >= 15 is 0 Å². The van der Waals surface area contributed by atoms with E-state index in [9.17, 15) is 13.2 Å². The van der Waals surface area contributed by atoms with Crippen LogP contribution in [0, 0.1) is 6.92 Å². The maximum Gasteiger partial charge on any atom is 0.336 e. The second-order valence-electron chi connectivity index (χ2n) is 5.03. The molecule has 8 heteroatoms. The molecular formula is C13H17BrN2O4S. The summed E-state index contributed by atoms with van der Waals surface area (Å²) in [6.07, 6.45) is 1.44. The average molecular weight is 377 g/mol. The van der Waals surface area contributed by atoms with E-state index in [4.69, 9.17) is 5.11 Å². The quantitative estimate of drug-likeness (QED) is 0.739. The molecule has 21 heavy (non-hydrogen) atoms. The van der Waals surface area contributed by atoms with Gasteiger partial charge in [-0.2, -0.15) is 0 Å². The molecule has 116 valence electrons. The molecule has 1 aromatic rings. The van der Waals surface area contributed by atoms with Crippen molar-refractivity contribution in [2.45, 2.75) is 30.7 Å². The summed E-state index contributed by atoms with van der Waals surface area (Å²) in [5, 5.41) is 12.3. The third-order valence-electron chi connectivity index (χ3n) is 3.52. The lowest BCUT2D eigenvalue weighted by Gasteiger charge is -2.23. The fraction of sp³-hybridized carbons (Fsp3) is 0.462. The number of halogens is 1. The molecule has 1 aliphatic rings. The standard InChI is InChI=1S/C13H17BrN2O4S/c1-8-11(13(17)18)6-10(7-12(8)14)21(19,20)16-9-2-4-15-5-3-9/h6-7,9,15-16H,2-5H2,1H3,(H,17,18). The van der Waals surface area contributed by atoms with Crippen molar-refractivity contribution in [1.29, 1.82) is 0 Å². The van der Waals surface area contributed by atoms with Gasteiger partial charge < -0.3 is 10.4 Å². The number of benzene rings is 1. The van der Waals surface area contributed by atoms with E-state index in [1.807, 2.05) is 0 Å². The highest BCUT2D eigenvalue weighted by molar-refractivity contribution is 9.10. The highest BCUT2D eigenvalue weighted by Crippen LogP contribution is 2.25. The lowest BCUT2D eigenvalue weighted by molar-refractivity contribution is 0.0695. The third kappa shape index (κ3) is 3.82. The van der Waals surface area contributed by atoms with Gasteiger partial charge in [-0.05, 0) is 50.6 Å². The van der Waals surface area contributed by atoms with Gasteiger partial charge in [0.1, 0.15) is 0 Å². The Morgan fingerprint density at radius 3 is 2.57 bits per heavy atom. The minimum Gasteiger partial charge on any atom is -0.478 e. The van der Waals surface area contributed by atoms with Crippen molar-refractivity contribution < 1.29 is 18.3 Å². The molecule has 0 unspecified atom stereocenters. The average Bonchev–Trinajstić information content (AvgIpc) is 2.41. The number of hydrogen-bond donors (Lipinski definition) is 3. The zero-order chi connectivity index (χ0) is 15.6. The summed E-state index contributed by atoms with van der Waals surface area (Å²) in [6.45, 7) is 3.17. The Bertz CT molecular complexity index is 654. The second kappa shape index (κ2) is 6.43. The van der Waals surface area contributed by atoms with Crippen LogP contribution in [0.2, 0.25) is 0 Å². The molecular weight excluding hydrogens is 360 g/mol. The molecule has 0 radical (unpaired) electrons. The maximum absolute atomic E-state index is 12.4. The smallest absolute Gasteiger partial charge is 0.336 e. The van der Waals surface area contributed by atoms with Crippen LogP contribution in [0.25, 0.3) is 0 Å². The predicted octanol–water partition coefficient (Wildman–Crippen LogP) is 1.49. The monoisotopic (exact) mass is 376 g/mol. The number of hydrogen-bond acceptors (Lipinski definition) is 4. The molecule has 0 aliphatic carbocycles. The van der Waals surface area contributed by atoms with Crippen molar-refractivity contribution in [2.75, 3.05) is 13.1 Å². The topological polar surface area (TPSA) is 95.5 Å². The Morgan fingerprint density at radius 1 is 1.38 bits per heavy atom. The molecule has 1 aliphatic heterocycles. The summed E-state index contributed by atoms with van der Waals surface area (Å²) < 4.78 is 27.9. The zero-order valence-electron chi connectivity index (χ0n) is 11.5. The van der Waals surface area contributed by atoms with E-state index in [-0.39, 0.29) is 16.5 Å². The first-order valence-corrected chi connectivity index (χ1v) is 8.85. The number of nitrogens with one attached hydrogen (secondary N) is 2. The van der Waals surface area contributed by atoms with E-state index in [1.54, 1.807) is 6.92 Å². The molecule has 3 N–H and O–H groups in total. The highest BCUT2D eigenvalue weighted by atomic mass is 79.9. The first-order chi connectivity index (χ1) is 9.81. The fourth-order valence-electron chi connectivity index (χ4n) is 2.26.